The van der Waals surface area contributed by atoms with Crippen LogP contribution in [0.3, 0.4) is 0 Å². The second kappa shape index (κ2) is 7.43. The van der Waals surface area contributed by atoms with Crippen LogP contribution < -0.4 is 10.1 Å². The maximum Gasteiger partial charge on any atom is 0.224 e. The summed E-state index contributed by atoms with van der Waals surface area (Å²) in [4.78, 5) is 12.4. The summed E-state index contributed by atoms with van der Waals surface area (Å²) in [6.07, 6.45) is 2.48. The highest BCUT2D eigenvalue weighted by molar-refractivity contribution is 5.89. The summed E-state index contributed by atoms with van der Waals surface area (Å²) in [6.45, 7) is 4.82. The van der Waals surface area contributed by atoms with Crippen molar-refractivity contribution >= 4 is 16.8 Å². The van der Waals surface area contributed by atoms with E-state index in [1.54, 1.807) is 7.11 Å². The maximum absolute atomic E-state index is 12.4. The van der Waals surface area contributed by atoms with E-state index in [1.165, 1.54) is 5.52 Å². The second-order valence-corrected chi connectivity index (χ2v) is 6.47. The molecule has 3 aromatic rings. The molecule has 0 fully saturated rings. The summed E-state index contributed by atoms with van der Waals surface area (Å²) in [7, 11) is 1.64. The monoisotopic (exact) mass is 336 g/mol. The van der Waals surface area contributed by atoms with E-state index in [0.717, 1.165) is 22.3 Å². The number of hydrogen-bond acceptors (Lipinski definition) is 2. The van der Waals surface area contributed by atoms with Gasteiger partial charge < -0.3 is 14.6 Å². The first-order valence-electron chi connectivity index (χ1n) is 8.56. The maximum atomic E-state index is 12.4. The molecule has 0 saturated heterocycles. The number of methoxy groups -OCH3 is 1. The number of nitrogens with one attached hydrogen (secondary N) is 1. The lowest BCUT2D eigenvalue weighted by Gasteiger charge is -2.08. The standard InChI is InChI=1S/C21H24N2O2/c1-15(2)23-14-17(19-6-4-5-7-20(19)23)12-21(24)22-13-16-8-10-18(25-3)11-9-16/h4-11,14-15H,12-13H2,1-3H3,(H,22,24). The minimum Gasteiger partial charge on any atom is -0.497 e. The molecule has 0 radical (unpaired) electrons. The number of aromatic nitrogens is 1. The van der Waals surface area contributed by atoms with Gasteiger partial charge in [0, 0.05) is 29.7 Å². The van der Waals surface area contributed by atoms with Gasteiger partial charge in [0.15, 0.2) is 0 Å². The van der Waals surface area contributed by atoms with Crippen molar-refractivity contribution in [3.05, 3.63) is 65.9 Å². The van der Waals surface area contributed by atoms with Gasteiger partial charge in [-0.25, -0.2) is 0 Å². The Morgan fingerprint density at radius 2 is 1.84 bits per heavy atom. The highest BCUT2D eigenvalue weighted by atomic mass is 16.5. The summed E-state index contributed by atoms with van der Waals surface area (Å²) < 4.78 is 7.37. The summed E-state index contributed by atoms with van der Waals surface area (Å²) >= 11 is 0. The minimum absolute atomic E-state index is 0.0301. The third-order valence-corrected chi connectivity index (χ3v) is 4.38. The Hall–Kier alpha value is -2.75. The van der Waals surface area contributed by atoms with Gasteiger partial charge in [-0.05, 0) is 43.2 Å². The third-order valence-electron chi connectivity index (χ3n) is 4.38. The van der Waals surface area contributed by atoms with Gasteiger partial charge in [-0.2, -0.15) is 0 Å². The largest absolute Gasteiger partial charge is 0.497 e. The molecule has 0 spiro atoms. The van der Waals surface area contributed by atoms with E-state index in [2.05, 4.69) is 42.1 Å². The van der Waals surface area contributed by atoms with Crippen molar-refractivity contribution in [1.82, 2.24) is 9.88 Å². The molecule has 1 amide bonds. The van der Waals surface area contributed by atoms with Gasteiger partial charge in [0.2, 0.25) is 5.91 Å². The second-order valence-electron chi connectivity index (χ2n) is 6.47. The Labute approximate surface area is 148 Å². The van der Waals surface area contributed by atoms with E-state index < -0.39 is 0 Å². The zero-order chi connectivity index (χ0) is 17.8. The average molecular weight is 336 g/mol. The van der Waals surface area contributed by atoms with Crippen LogP contribution in [0.25, 0.3) is 10.9 Å². The molecule has 0 atom stereocenters. The fourth-order valence-electron chi connectivity index (χ4n) is 3.02. The average Bonchev–Trinajstić information content (AvgIpc) is 2.99. The van der Waals surface area contributed by atoms with Crippen LogP contribution in [0.1, 0.15) is 31.0 Å². The van der Waals surface area contributed by atoms with Gasteiger partial charge in [-0.3, -0.25) is 4.79 Å². The first-order chi connectivity index (χ1) is 12.1. The highest BCUT2D eigenvalue weighted by Crippen LogP contribution is 2.25. The normalized spacial score (nSPS) is 11.0. The predicted octanol–water partition coefficient (Wildman–Crippen LogP) is 4.09. The van der Waals surface area contributed by atoms with Crippen molar-refractivity contribution in [2.24, 2.45) is 0 Å². The number of nitrogens with zero attached hydrogens (tertiary/aromatic N) is 1. The number of para-hydroxylation sites is 1. The summed E-state index contributed by atoms with van der Waals surface area (Å²) in [5, 5.41) is 4.15. The fourth-order valence-corrected chi connectivity index (χ4v) is 3.02. The molecule has 0 aliphatic heterocycles. The van der Waals surface area contributed by atoms with Crippen LogP contribution in [0.4, 0.5) is 0 Å². The predicted molar refractivity (Wildman–Crippen MR) is 101 cm³/mol. The van der Waals surface area contributed by atoms with Gasteiger partial charge in [0.25, 0.3) is 0 Å². The number of carbonyl (C=O) groups excluding carboxylic acids is 1. The topological polar surface area (TPSA) is 43.3 Å². The molecule has 4 nitrogen and oxygen atoms in total. The molecule has 2 aromatic carbocycles. The molecular weight excluding hydrogens is 312 g/mol. The van der Waals surface area contributed by atoms with Crippen molar-refractivity contribution in [2.75, 3.05) is 7.11 Å². The molecule has 25 heavy (non-hydrogen) atoms. The molecule has 3 rings (SSSR count). The quantitative estimate of drug-likeness (QED) is 0.737. The van der Waals surface area contributed by atoms with E-state index in [9.17, 15) is 4.79 Å². The lowest BCUT2D eigenvalue weighted by molar-refractivity contribution is -0.120. The van der Waals surface area contributed by atoms with Crippen LogP contribution >= 0.6 is 0 Å². The summed E-state index contributed by atoms with van der Waals surface area (Å²) in [5.41, 5.74) is 3.30. The molecule has 0 aliphatic rings. The van der Waals surface area contributed by atoms with Gasteiger partial charge in [0.05, 0.1) is 13.5 Å². The van der Waals surface area contributed by atoms with Crippen molar-refractivity contribution in [1.29, 1.82) is 0 Å². The smallest absolute Gasteiger partial charge is 0.224 e. The molecule has 0 saturated carbocycles. The zero-order valence-corrected chi connectivity index (χ0v) is 15.0. The molecule has 1 N–H and O–H groups in total. The summed E-state index contributed by atoms with van der Waals surface area (Å²) in [6, 6.07) is 16.3. The molecule has 0 unspecified atom stereocenters. The van der Waals surface area contributed by atoms with Crippen molar-refractivity contribution in [3.63, 3.8) is 0 Å². The van der Waals surface area contributed by atoms with Crippen LogP contribution in [-0.4, -0.2) is 17.6 Å². The van der Waals surface area contributed by atoms with Gasteiger partial charge in [0.1, 0.15) is 5.75 Å². The minimum atomic E-state index is 0.0301. The van der Waals surface area contributed by atoms with Crippen LogP contribution in [0, 0.1) is 0 Å². The number of rotatable bonds is 6. The Balaban J connectivity index is 1.69. The van der Waals surface area contributed by atoms with Crippen LogP contribution in [-0.2, 0) is 17.8 Å². The SMILES string of the molecule is COc1ccc(CNC(=O)Cc2cn(C(C)C)c3ccccc23)cc1. The van der Waals surface area contributed by atoms with Crippen molar-refractivity contribution in [3.8, 4) is 5.75 Å². The number of benzene rings is 2. The molecule has 1 aromatic heterocycles. The Morgan fingerprint density at radius 1 is 1.12 bits per heavy atom. The first-order valence-corrected chi connectivity index (χ1v) is 8.56. The number of fused-ring (bicyclic) bond motifs is 1. The lowest BCUT2D eigenvalue weighted by atomic mass is 10.1. The van der Waals surface area contributed by atoms with Crippen molar-refractivity contribution < 1.29 is 9.53 Å². The Bertz CT molecular complexity index is 863. The first kappa shape index (κ1) is 17.1. The summed E-state index contributed by atoms with van der Waals surface area (Å²) in [5.74, 6) is 0.846. The highest BCUT2D eigenvalue weighted by Gasteiger charge is 2.13. The van der Waals surface area contributed by atoms with Crippen LogP contribution in [0.15, 0.2) is 54.7 Å². The zero-order valence-electron chi connectivity index (χ0n) is 15.0. The Morgan fingerprint density at radius 3 is 2.52 bits per heavy atom. The van der Waals surface area contributed by atoms with Crippen LogP contribution in [0.2, 0.25) is 0 Å². The van der Waals surface area contributed by atoms with Crippen molar-refractivity contribution in [2.45, 2.75) is 32.9 Å². The van der Waals surface area contributed by atoms with Gasteiger partial charge in [-0.15, -0.1) is 0 Å². The molecule has 4 heteroatoms. The molecule has 0 aliphatic carbocycles. The molecular formula is C21H24N2O2. The molecule has 1 heterocycles. The fraction of sp³-hybridized carbons (Fsp3) is 0.286. The van der Waals surface area contributed by atoms with Crippen LogP contribution in [0.5, 0.6) is 5.75 Å². The van der Waals surface area contributed by atoms with E-state index in [4.69, 9.17) is 4.74 Å². The van der Waals surface area contributed by atoms with Gasteiger partial charge in [-0.1, -0.05) is 30.3 Å². The molecule has 130 valence electrons. The number of ether oxygens (including phenoxy) is 1. The number of hydrogen-bond donors (Lipinski definition) is 1. The third kappa shape index (κ3) is 3.85. The molecule has 0 bridgehead atoms. The van der Waals surface area contributed by atoms with E-state index in [-0.39, 0.29) is 5.91 Å². The van der Waals surface area contributed by atoms with E-state index in [1.807, 2.05) is 36.4 Å². The Kier molecular flexibility index (Phi) is 5.08. The number of carbonyl (C=O) groups is 1. The van der Waals surface area contributed by atoms with E-state index >= 15 is 0 Å². The number of amides is 1. The lowest BCUT2D eigenvalue weighted by Crippen LogP contribution is -2.24. The van der Waals surface area contributed by atoms with Gasteiger partial charge >= 0.3 is 0 Å². The van der Waals surface area contributed by atoms with E-state index in [0.29, 0.717) is 19.0 Å².